The van der Waals surface area contributed by atoms with Gasteiger partial charge in [-0.15, -0.1) is 11.3 Å². The molecule has 0 radical (unpaired) electrons. The molecule has 0 bridgehead atoms. The van der Waals surface area contributed by atoms with Crippen molar-refractivity contribution < 1.29 is 14.0 Å². The van der Waals surface area contributed by atoms with Gasteiger partial charge in [-0.1, -0.05) is 12.1 Å². The number of fused-ring (bicyclic) bond motifs is 1. The zero-order chi connectivity index (χ0) is 12.7. The van der Waals surface area contributed by atoms with Gasteiger partial charge in [0.25, 0.3) is 0 Å². The summed E-state index contributed by atoms with van der Waals surface area (Å²) >= 11 is 1.04. The number of nitrogens with zero attached hydrogens (tertiary/aromatic N) is 1. The number of allylic oxidation sites excluding steroid dienone is 2. The Bertz CT molecular complexity index is 667. The van der Waals surface area contributed by atoms with Crippen molar-refractivity contribution in [2.75, 3.05) is 0 Å². The van der Waals surface area contributed by atoms with Gasteiger partial charge < -0.3 is 0 Å². The Morgan fingerprint density at radius 2 is 1.78 bits per heavy atom. The minimum atomic E-state index is -0.420. The van der Waals surface area contributed by atoms with E-state index in [2.05, 4.69) is 4.98 Å². The van der Waals surface area contributed by atoms with Crippen molar-refractivity contribution in [2.45, 2.75) is 0 Å². The lowest BCUT2D eigenvalue weighted by Crippen LogP contribution is -2.08. The molecule has 3 nitrogen and oxygen atoms in total. The fourth-order valence-corrected chi connectivity index (χ4v) is 2.73. The van der Waals surface area contributed by atoms with Crippen LogP contribution in [0.3, 0.4) is 0 Å². The van der Waals surface area contributed by atoms with Crippen LogP contribution in [0.1, 0.15) is 20.2 Å². The van der Waals surface area contributed by atoms with Crippen LogP contribution in [0.25, 0.3) is 10.6 Å². The minimum Gasteiger partial charge on any atom is -0.288 e. The van der Waals surface area contributed by atoms with E-state index in [1.807, 2.05) is 0 Å². The van der Waals surface area contributed by atoms with Gasteiger partial charge >= 0.3 is 0 Å². The van der Waals surface area contributed by atoms with Crippen LogP contribution in [-0.2, 0) is 0 Å². The zero-order valence-electron chi connectivity index (χ0n) is 9.01. The number of hydrogen-bond donors (Lipinski definition) is 0. The van der Waals surface area contributed by atoms with Crippen molar-refractivity contribution in [3.63, 3.8) is 0 Å². The zero-order valence-corrected chi connectivity index (χ0v) is 9.83. The molecule has 0 atom stereocenters. The van der Waals surface area contributed by atoms with Crippen molar-refractivity contribution >= 4 is 22.9 Å². The predicted octanol–water partition coefficient (Wildman–Crippen LogP) is 2.88. The molecule has 0 unspecified atom stereocenters. The van der Waals surface area contributed by atoms with Gasteiger partial charge in [0.1, 0.15) is 21.4 Å². The van der Waals surface area contributed by atoms with E-state index in [0.29, 0.717) is 10.6 Å². The molecule has 5 heteroatoms. The average molecular weight is 259 g/mol. The molecule has 1 aromatic heterocycles. The van der Waals surface area contributed by atoms with Crippen LogP contribution in [0.2, 0.25) is 0 Å². The minimum absolute atomic E-state index is 0.116. The highest BCUT2D eigenvalue weighted by Gasteiger charge is 2.25. The number of thiazole rings is 1. The molecule has 0 saturated heterocycles. The summed E-state index contributed by atoms with van der Waals surface area (Å²) in [7, 11) is 0. The molecule has 3 rings (SSSR count). The third-order valence-corrected chi connectivity index (χ3v) is 3.68. The normalized spacial score (nSPS) is 13.8. The van der Waals surface area contributed by atoms with Gasteiger partial charge in [0.15, 0.2) is 5.78 Å². The largest absolute Gasteiger partial charge is 0.288 e. The summed E-state index contributed by atoms with van der Waals surface area (Å²) < 4.78 is 13.6. The van der Waals surface area contributed by atoms with Crippen LogP contribution in [-0.4, -0.2) is 16.6 Å². The van der Waals surface area contributed by atoms with Crippen molar-refractivity contribution in [1.29, 1.82) is 0 Å². The summed E-state index contributed by atoms with van der Waals surface area (Å²) in [5, 5.41) is 0.350. The number of rotatable bonds is 1. The van der Waals surface area contributed by atoms with Gasteiger partial charge in [0, 0.05) is 5.56 Å². The highest BCUT2D eigenvalue weighted by atomic mass is 32.1. The number of carbonyl (C=O) groups excluding carboxylic acids is 2. The van der Waals surface area contributed by atoms with E-state index in [0.717, 1.165) is 11.3 Å². The second kappa shape index (κ2) is 3.96. The third kappa shape index (κ3) is 1.60. The van der Waals surface area contributed by atoms with Gasteiger partial charge in [-0.3, -0.25) is 9.59 Å². The summed E-state index contributed by atoms with van der Waals surface area (Å²) in [5.74, 6) is -0.996. The predicted molar refractivity (Wildman–Crippen MR) is 65.3 cm³/mol. The average Bonchev–Trinajstić information content (AvgIpc) is 2.80. The third-order valence-electron chi connectivity index (χ3n) is 2.57. The van der Waals surface area contributed by atoms with Crippen LogP contribution in [0.4, 0.5) is 4.39 Å². The van der Waals surface area contributed by atoms with Crippen molar-refractivity contribution in [2.24, 2.45) is 0 Å². The number of benzene rings is 1. The smallest absolute Gasteiger partial charge is 0.205 e. The number of hydrogen-bond acceptors (Lipinski definition) is 4. The topological polar surface area (TPSA) is 47.0 Å². The maximum atomic E-state index is 13.6. The molecule has 1 aliphatic carbocycles. The molecule has 0 saturated carbocycles. The summed E-state index contributed by atoms with van der Waals surface area (Å²) in [6.07, 6.45) is 2.41. The number of halogens is 1. The first-order valence-electron chi connectivity index (χ1n) is 5.19. The quantitative estimate of drug-likeness (QED) is 0.791. The molecule has 0 aliphatic heterocycles. The van der Waals surface area contributed by atoms with E-state index < -0.39 is 5.82 Å². The fourth-order valence-electron chi connectivity index (χ4n) is 1.71. The first-order chi connectivity index (χ1) is 8.66. The molecule has 1 aromatic carbocycles. The molecule has 1 heterocycles. The summed E-state index contributed by atoms with van der Waals surface area (Å²) in [5.41, 5.74) is 0.420. The molecule has 1 aliphatic rings. The van der Waals surface area contributed by atoms with Gasteiger partial charge in [-0.05, 0) is 24.3 Å². The van der Waals surface area contributed by atoms with Crippen LogP contribution in [0.5, 0.6) is 0 Å². The van der Waals surface area contributed by atoms with E-state index in [1.165, 1.54) is 18.2 Å². The Morgan fingerprint density at radius 1 is 1.06 bits per heavy atom. The molecule has 88 valence electrons. The lowest BCUT2D eigenvalue weighted by Gasteiger charge is -1.98. The molecule has 0 fully saturated rings. The van der Waals surface area contributed by atoms with E-state index >= 15 is 0 Å². The van der Waals surface area contributed by atoms with E-state index in [-0.39, 0.29) is 22.1 Å². The van der Waals surface area contributed by atoms with E-state index in [9.17, 15) is 14.0 Å². The van der Waals surface area contributed by atoms with Crippen molar-refractivity contribution in [3.05, 3.63) is 52.8 Å². The van der Waals surface area contributed by atoms with E-state index in [1.54, 1.807) is 18.2 Å². The van der Waals surface area contributed by atoms with E-state index in [4.69, 9.17) is 0 Å². The van der Waals surface area contributed by atoms with Gasteiger partial charge in [-0.2, -0.15) is 0 Å². The van der Waals surface area contributed by atoms with Crippen molar-refractivity contribution in [1.82, 2.24) is 4.98 Å². The van der Waals surface area contributed by atoms with Crippen molar-refractivity contribution in [3.8, 4) is 10.6 Å². The SMILES string of the molecule is O=C1C=CC(=O)c2sc(-c3ccccc3F)nc21. The number of aromatic nitrogens is 1. The second-order valence-corrected chi connectivity index (χ2v) is 4.74. The van der Waals surface area contributed by atoms with Gasteiger partial charge in [0.2, 0.25) is 5.78 Å². The first kappa shape index (κ1) is 11.0. The summed E-state index contributed by atoms with van der Waals surface area (Å²) in [6, 6.07) is 6.14. The highest BCUT2D eigenvalue weighted by molar-refractivity contribution is 7.17. The van der Waals surface area contributed by atoms with Crippen LogP contribution < -0.4 is 0 Å². The number of ketones is 2. The Labute approximate surface area is 106 Å². The second-order valence-electron chi connectivity index (χ2n) is 3.74. The van der Waals surface area contributed by atoms with Gasteiger partial charge in [0.05, 0.1) is 0 Å². The Morgan fingerprint density at radius 3 is 2.50 bits per heavy atom. The lowest BCUT2D eigenvalue weighted by atomic mass is 10.1. The molecule has 0 amide bonds. The maximum Gasteiger partial charge on any atom is 0.205 e. The Kier molecular flexibility index (Phi) is 2.41. The molecule has 18 heavy (non-hydrogen) atoms. The van der Waals surface area contributed by atoms with Gasteiger partial charge in [-0.25, -0.2) is 9.37 Å². The first-order valence-corrected chi connectivity index (χ1v) is 6.01. The Balaban J connectivity index is 2.18. The standard InChI is InChI=1S/C13H6FNO2S/c14-8-4-2-1-3-7(8)13-15-11-9(16)5-6-10(17)12(11)18-13/h1-6H. The molecular formula is C13H6FNO2S. The monoisotopic (exact) mass is 259 g/mol. The summed E-state index contributed by atoms with van der Waals surface area (Å²) in [4.78, 5) is 27.5. The maximum absolute atomic E-state index is 13.6. The molecular weight excluding hydrogens is 253 g/mol. The molecule has 0 N–H and O–H groups in total. The highest BCUT2D eigenvalue weighted by Crippen LogP contribution is 2.32. The molecule has 0 spiro atoms. The Hall–Kier alpha value is -2.14. The fraction of sp³-hybridized carbons (Fsp3) is 0. The van der Waals surface area contributed by atoms with Crippen LogP contribution in [0.15, 0.2) is 36.4 Å². The number of carbonyl (C=O) groups is 2. The van der Waals surface area contributed by atoms with Crippen LogP contribution >= 0.6 is 11.3 Å². The summed E-state index contributed by atoms with van der Waals surface area (Å²) in [6.45, 7) is 0. The van der Waals surface area contributed by atoms with Crippen LogP contribution in [0, 0.1) is 5.82 Å². The lowest BCUT2D eigenvalue weighted by molar-refractivity contribution is 0.0994. The molecule has 2 aromatic rings.